The average Bonchev–Trinajstić information content (AvgIpc) is 2.40. The number of rotatable bonds is 8. The van der Waals surface area contributed by atoms with Gasteiger partial charge in [-0.2, -0.15) is 0 Å². The molecule has 1 aliphatic rings. The van der Waals surface area contributed by atoms with Gasteiger partial charge < -0.3 is 15.4 Å². The standard InChI is InChI=1S/C15H32N2O/c1-15(2,18-3)10-13-17(12-7-11-16)14-8-5-4-6-9-14/h14H,4-13,16H2,1-3H3. The van der Waals surface area contributed by atoms with Gasteiger partial charge in [0.1, 0.15) is 0 Å². The van der Waals surface area contributed by atoms with Gasteiger partial charge in [-0.25, -0.2) is 0 Å². The summed E-state index contributed by atoms with van der Waals surface area (Å²) in [5, 5.41) is 0. The molecule has 0 unspecified atom stereocenters. The third-order valence-corrected chi connectivity index (χ3v) is 4.29. The van der Waals surface area contributed by atoms with Crippen molar-refractivity contribution in [3.63, 3.8) is 0 Å². The molecule has 0 bridgehead atoms. The van der Waals surface area contributed by atoms with Crippen LogP contribution in [0.25, 0.3) is 0 Å². The molecule has 3 heteroatoms. The molecule has 1 fully saturated rings. The first-order valence-corrected chi connectivity index (χ1v) is 7.58. The van der Waals surface area contributed by atoms with Crippen molar-refractivity contribution in [2.45, 2.75) is 70.4 Å². The summed E-state index contributed by atoms with van der Waals surface area (Å²) in [6.07, 6.45) is 9.18. The molecule has 0 saturated heterocycles. The van der Waals surface area contributed by atoms with E-state index < -0.39 is 0 Å². The van der Waals surface area contributed by atoms with Gasteiger partial charge >= 0.3 is 0 Å². The van der Waals surface area contributed by atoms with Crippen LogP contribution in [0.3, 0.4) is 0 Å². The van der Waals surface area contributed by atoms with Crippen LogP contribution in [0.5, 0.6) is 0 Å². The SMILES string of the molecule is COC(C)(C)CCN(CCCN)C1CCCCC1. The van der Waals surface area contributed by atoms with Gasteiger partial charge in [0.15, 0.2) is 0 Å². The van der Waals surface area contributed by atoms with Crippen LogP contribution in [0, 0.1) is 0 Å². The Balaban J connectivity index is 2.43. The van der Waals surface area contributed by atoms with E-state index in [2.05, 4.69) is 18.7 Å². The Morgan fingerprint density at radius 2 is 1.83 bits per heavy atom. The quantitative estimate of drug-likeness (QED) is 0.726. The van der Waals surface area contributed by atoms with Gasteiger partial charge in [0.2, 0.25) is 0 Å². The minimum Gasteiger partial charge on any atom is -0.379 e. The molecule has 18 heavy (non-hydrogen) atoms. The second kappa shape index (κ2) is 8.13. The van der Waals surface area contributed by atoms with E-state index in [1.807, 2.05) is 7.11 Å². The van der Waals surface area contributed by atoms with Crippen LogP contribution < -0.4 is 5.73 Å². The topological polar surface area (TPSA) is 38.5 Å². The number of ether oxygens (including phenoxy) is 1. The molecule has 0 aromatic heterocycles. The highest BCUT2D eigenvalue weighted by molar-refractivity contribution is 4.79. The van der Waals surface area contributed by atoms with Crippen molar-refractivity contribution < 1.29 is 4.74 Å². The zero-order valence-corrected chi connectivity index (χ0v) is 12.6. The molecule has 1 saturated carbocycles. The lowest BCUT2D eigenvalue weighted by Gasteiger charge is -2.36. The zero-order chi connectivity index (χ0) is 13.4. The lowest BCUT2D eigenvalue weighted by Crippen LogP contribution is -2.41. The van der Waals surface area contributed by atoms with Crippen LogP contribution in [-0.4, -0.2) is 43.3 Å². The normalized spacial score (nSPS) is 18.5. The first-order chi connectivity index (χ1) is 8.59. The fraction of sp³-hybridized carbons (Fsp3) is 1.00. The van der Waals surface area contributed by atoms with Gasteiger partial charge in [-0.1, -0.05) is 19.3 Å². The largest absolute Gasteiger partial charge is 0.379 e. The Hall–Kier alpha value is -0.120. The number of nitrogens with zero attached hydrogens (tertiary/aromatic N) is 1. The second-order valence-electron chi connectivity index (χ2n) is 6.18. The van der Waals surface area contributed by atoms with Gasteiger partial charge in [0.25, 0.3) is 0 Å². The van der Waals surface area contributed by atoms with Crippen LogP contribution in [0.2, 0.25) is 0 Å². The van der Waals surface area contributed by atoms with E-state index in [9.17, 15) is 0 Å². The van der Waals surface area contributed by atoms with E-state index in [1.165, 1.54) is 32.1 Å². The molecule has 0 radical (unpaired) electrons. The van der Waals surface area contributed by atoms with Crippen molar-refractivity contribution in [2.24, 2.45) is 5.73 Å². The number of nitrogens with two attached hydrogens (primary N) is 1. The molecule has 0 spiro atoms. The highest BCUT2D eigenvalue weighted by Gasteiger charge is 2.23. The van der Waals surface area contributed by atoms with Crippen LogP contribution in [-0.2, 0) is 4.74 Å². The predicted molar refractivity (Wildman–Crippen MR) is 77.8 cm³/mol. The van der Waals surface area contributed by atoms with E-state index in [1.54, 1.807) is 0 Å². The molecule has 1 aliphatic carbocycles. The first kappa shape index (κ1) is 15.9. The summed E-state index contributed by atoms with van der Waals surface area (Å²) in [4.78, 5) is 2.66. The van der Waals surface area contributed by atoms with Gasteiger partial charge in [-0.3, -0.25) is 0 Å². The molecule has 0 amide bonds. The Morgan fingerprint density at radius 1 is 1.17 bits per heavy atom. The lowest BCUT2D eigenvalue weighted by atomic mass is 9.93. The fourth-order valence-corrected chi connectivity index (χ4v) is 2.73. The molecule has 1 rings (SSSR count). The Morgan fingerprint density at radius 3 is 2.39 bits per heavy atom. The summed E-state index contributed by atoms with van der Waals surface area (Å²) in [7, 11) is 1.81. The molecular formula is C15H32N2O. The van der Waals surface area contributed by atoms with Gasteiger partial charge in [-0.15, -0.1) is 0 Å². The average molecular weight is 256 g/mol. The summed E-state index contributed by atoms with van der Waals surface area (Å²) >= 11 is 0. The highest BCUT2D eigenvalue weighted by atomic mass is 16.5. The van der Waals surface area contributed by atoms with E-state index in [4.69, 9.17) is 10.5 Å². The van der Waals surface area contributed by atoms with Crippen molar-refractivity contribution in [2.75, 3.05) is 26.7 Å². The minimum absolute atomic E-state index is 0.00433. The number of methoxy groups -OCH3 is 1. The summed E-state index contributed by atoms with van der Waals surface area (Å²) in [6.45, 7) is 7.45. The molecule has 2 N–H and O–H groups in total. The molecule has 0 aromatic carbocycles. The van der Waals surface area contributed by atoms with Crippen molar-refractivity contribution in [3.8, 4) is 0 Å². The molecule has 3 nitrogen and oxygen atoms in total. The van der Waals surface area contributed by atoms with Crippen LogP contribution in [0.4, 0.5) is 0 Å². The molecule has 108 valence electrons. The summed E-state index contributed by atoms with van der Waals surface area (Å²) < 4.78 is 5.53. The summed E-state index contributed by atoms with van der Waals surface area (Å²) in [6, 6.07) is 0.790. The molecule has 0 atom stereocenters. The predicted octanol–water partition coefficient (Wildman–Crippen LogP) is 2.79. The maximum atomic E-state index is 5.66. The Kier molecular flexibility index (Phi) is 7.20. The van der Waals surface area contributed by atoms with Crippen LogP contribution >= 0.6 is 0 Å². The fourth-order valence-electron chi connectivity index (χ4n) is 2.73. The monoisotopic (exact) mass is 256 g/mol. The first-order valence-electron chi connectivity index (χ1n) is 7.58. The van der Waals surface area contributed by atoms with Gasteiger partial charge in [0.05, 0.1) is 5.60 Å². The maximum absolute atomic E-state index is 5.66. The zero-order valence-electron chi connectivity index (χ0n) is 12.6. The van der Waals surface area contributed by atoms with Gasteiger partial charge in [0, 0.05) is 19.7 Å². The van der Waals surface area contributed by atoms with E-state index in [0.29, 0.717) is 0 Å². The smallest absolute Gasteiger partial charge is 0.0634 e. The summed E-state index contributed by atoms with van der Waals surface area (Å²) in [5.41, 5.74) is 5.66. The number of hydrogen-bond donors (Lipinski definition) is 1. The second-order valence-corrected chi connectivity index (χ2v) is 6.18. The maximum Gasteiger partial charge on any atom is 0.0634 e. The Bertz CT molecular complexity index is 213. The third kappa shape index (κ3) is 5.68. The third-order valence-electron chi connectivity index (χ3n) is 4.29. The van der Waals surface area contributed by atoms with Gasteiger partial charge in [-0.05, 0) is 52.6 Å². The Labute approximate surface area is 113 Å². The molecule has 0 aromatic rings. The molecular weight excluding hydrogens is 224 g/mol. The van der Waals surface area contributed by atoms with Crippen molar-refractivity contribution in [1.82, 2.24) is 4.90 Å². The van der Waals surface area contributed by atoms with Crippen molar-refractivity contribution in [1.29, 1.82) is 0 Å². The number of hydrogen-bond acceptors (Lipinski definition) is 3. The molecule has 0 heterocycles. The summed E-state index contributed by atoms with van der Waals surface area (Å²) in [5.74, 6) is 0. The van der Waals surface area contributed by atoms with E-state index >= 15 is 0 Å². The van der Waals surface area contributed by atoms with Crippen molar-refractivity contribution >= 4 is 0 Å². The molecule has 0 aliphatic heterocycles. The van der Waals surface area contributed by atoms with E-state index in [0.717, 1.165) is 38.5 Å². The highest BCUT2D eigenvalue weighted by Crippen LogP contribution is 2.24. The lowest BCUT2D eigenvalue weighted by molar-refractivity contribution is 0.00200. The van der Waals surface area contributed by atoms with Crippen LogP contribution in [0.15, 0.2) is 0 Å². The minimum atomic E-state index is -0.00433. The van der Waals surface area contributed by atoms with E-state index in [-0.39, 0.29) is 5.60 Å². The van der Waals surface area contributed by atoms with Crippen molar-refractivity contribution in [3.05, 3.63) is 0 Å². The van der Waals surface area contributed by atoms with Crippen LogP contribution in [0.1, 0.15) is 58.8 Å².